The quantitative estimate of drug-likeness (QED) is 0.782. The van der Waals surface area contributed by atoms with Crippen molar-refractivity contribution in [1.82, 2.24) is 9.55 Å². The van der Waals surface area contributed by atoms with Crippen LogP contribution in [-0.2, 0) is 6.42 Å². The molecule has 0 N–H and O–H groups in total. The van der Waals surface area contributed by atoms with Crippen LogP contribution >= 0.6 is 0 Å². The van der Waals surface area contributed by atoms with E-state index >= 15 is 0 Å². The van der Waals surface area contributed by atoms with E-state index in [2.05, 4.69) is 23.4 Å². The van der Waals surface area contributed by atoms with E-state index in [1.165, 1.54) is 0 Å². The van der Waals surface area contributed by atoms with E-state index in [1.807, 2.05) is 37.5 Å². The summed E-state index contributed by atoms with van der Waals surface area (Å²) in [6, 6.07) is 5.98. The molecule has 0 amide bonds. The number of carbonyl (C=O) groups is 1. The van der Waals surface area contributed by atoms with Crippen LogP contribution in [0.25, 0.3) is 5.69 Å². The van der Waals surface area contributed by atoms with Gasteiger partial charge >= 0.3 is 0 Å². The number of ketones is 1. The van der Waals surface area contributed by atoms with Crippen molar-refractivity contribution in [2.45, 2.75) is 33.6 Å². The number of aryl methyl sites for hydroxylation is 1. The molecule has 0 spiro atoms. The first kappa shape index (κ1) is 12.2. The first-order valence-corrected chi connectivity index (χ1v) is 6.63. The maximum Gasteiger partial charge on any atom is 0.165 e. The summed E-state index contributed by atoms with van der Waals surface area (Å²) in [6.45, 7) is 6.29. The van der Waals surface area contributed by atoms with E-state index in [9.17, 15) is 4.79 Å². The number of Topliss-reactive ketones (excluding diaryl/α,β-unsaturated/α-hetero) is 1. The summed E-state index contributed by atoms with van der Waals surface area (Å²) in [5, 5.41) is 0. The fraction of sp³-hybridized carbons (Fsp3) is 0.375. The second-order valence-electron chi connectivity index (χ2n) is 6.14. The summed E-state index contributed by atoms with van der Waals surface area (Å²) in [7, 11) is 0. The van der Waals surface area contributed by atoms with Crippen molar-refractivity contribution in [3.8, 4) is 5.69 Å². The van der Waals surface area contributed by atoms with E-state index in [1.54, 1.807) is 0 Å². The van der Waals surface area contributed by atoms with E-state index in [4.69, 9.17) is 0 Å². The highest BCUT2D eigenvalue weighted by Gasteiger charge is 2.33. The minimum Gasteiger partial charge on any atom is -0.320 e. The van der Waals surface area contributed by atoms with Crippen LogP contribution in [0.15, 0.2) is 30.6 Å². The average molecular weight is 254 g/mol. The summed E-state index contributed by atoms with van der Waals surface area (Å²) < 4.78 is 2.13. The topological polar surface area (TPSA) is 34.9 Å². The van der Waals surface area contributed by atoms with Gasteiger partial charge in [-0.25, -0.2) is 0 Å². The lowest BCUT2D eigenvalue weighted by Gasteiger charge is -2.29. The lowest BCUT2D eigenvalue weighted by Crippen LogP contribution is -2.27. The Morgan fingerprint density at radius 1 is 1.26 bits per heavy atom. The third kappa shape index (κ3) is 2.09. The largest absolute Gasteiger partial charge is 0.320 e. The fourth-order valence-electron chi connectivity index (χ4n) is 2.87. The van der Waals surface area contributed by atoms with Gasteiger partial charge in [-0.2, -0.15) is 0 Å². The molecule has 0 bridgehead atoms. The molecule has 0 aliphatic heterocycles. The average Bonchev–Trinajstić information content (AvgIpc) is 2.71. The molecule has 0 atom stereocenters. The molecule has 3 rings (SSSR count). The van der Waals surface area contributed by atoms with Gasteiger partial charge in [0.1, 0.15) is 0 Å². The lowest BCUT2D eigenvalue weighted by molar-refractivity contribution is 0.0911. The predicted molar refractivity (Wildman–Crippen MR) is 74.7 cm³/mol. The van der Waals surface area contributed by atoms with Crippen molar-refractivity contribution < 1.29 is 4.79 Å². The van der Waals surface area contributed by atoms with Crippen LogP contribution in [0.1, 0.15) is 42.0 Å². The minimum atomic E-state index is 0.0439. The Labute approximate surface area is 113 Å². The molecular formula is C16H18N2O. The van der Waals surface area contributed by atoms with Crippen LogP contribution in [0.3, 0.4) is 0 Å². The molecule has 2 aromatic rings. The summed E-state index contributed by atoms with van der Waals surface area (Å²) in [5.41, 5.74) is 4.13. The summed E-state index contributed by atoms with van der Waals surface area (Å²) in [4.78, 5) is 16.4. The molecule has 3 heteroatoms. The SMILES string of the molecule is Cc1cc(-n2ccc3c2CC(C)(C)CC3=O)ccn1. The molecular weight excluding hydrogens is 236 g/mol. The van der Waals surface area contributed by atoms with Gasteiger partial charge in [-0.3, -0.25) is 9.78 Å². The van der Waals surface area contributed by atoms with Gasteiger partial charge in [-0.05, 0) is 37.0 Å². The van der Waals surface area contributed by atoms with Gasteiger partial charge < -0.3 is 4.57 Å². The van der Waals surface area contributed by atoms with Gasteiger partial charge in [0, 0.05) is 41.5 Å². The second-order valence-corrected chi connectivity index (χ2v) is 6.14. The Bertz CT molecular complexity index is 653. The third-order valence-electron chi connectivity index (χ3n) is 3.74. The molecule has 0 saturated carbocycles. The van der Waals surface area contributed by atoms with Gasteiger partial charge in [0.05, 0.1) is 0 Å². The fourth-order valence-corrected chi connectivity index (χ4v) is 2.87. The molecule has 3 nitrogen and oxygen atoms in total. The normalized spacial score (nSPS) is 17.3. The van der Waals surface area contributed by atoms with Crippen LogP contribution in [0.2, 0.25) is 0 Å². The monoisotopic (exact) mass is 254 g/mol. The van der Waals surface area contributed by atoms with Gasteiger partial charge in [0.15, 0.2) is 5.78 Å². The van der Waals surface area contributed by atoms with Crippen molar-refractivity contribution in [2.75, 3.05) is 0 Å². The number of aromatic nitrogens is 2. The van der Waals surface area contributed by atoms with Crippen molar-refractivity contribution in [3.05, 3.63) is 47.5 Å². The predicted octanol–water partition coefficient (Wildman–Crippen LogP) is 3.34. The molecule has 2 heterocycles. The van der Waals surface area contributed by atoms with Crippen molar-refractivity contribution >= 4 is 5.78 Å². The molecule has 1 aliphatic rings. The smallest absolute Gasteiger partial charge is 0.165 e. The summed E-state index contributed by atoms with van der Waals surface area (Å²) in [6.07, 6.45) is 5.38. The maximum atomic E-state index is 12.2. The van der Waals surface area contributed by atoms with Crippen LogP contribution in [0.5, 0.6) is 0 Å². The molecule has 0 saturated heterocycles. The van der Waals surface area contributed by atoms with Gasteiger partial charge in [-0.15, -0.1) is 0 Å². The van der Waals surface area contributed by atoms with Gasteiger partial charge in [-0.1, -0.05) is 13.8 Å². The lowest BCUT2D eigenvalue weighted by atomic mass is 9.76. The van der Waals surface area contributed by atoms with E-state index in [0.717, 1.165) is 29.1 Å². The van der Waals surface area contributed by atoms with Gasteiger partial charge in [0.2, 0.25) is 0 Å². The highest BCUT2D eigenvalue weighted by Crippen LogP contribution is 2.36. The van der Waals surface area contributed by atoms with Crippen LogP contribution in [0, 0.1) is 12.3 Å². The number of hydrogen-bond acceptors (Lipinski definition) is 2. The first-order valence-electron chi connectivity index (χ1n) is 6.63. The third-order valence-corrected chi connectivity index (χ3v) is 3.74. The Morgan fingerprint density at radius 2 is 2.05 bits per heavy atom. The number of carbonyl (C=O) groups excluding carboxylic acids is 1. The summed E-state index contributed by atoms with van der Waals surface area (Å²) >= 11 is 0. The van der Waals surface area contributed by atoms with E-state index < -0.39 is 0 Å². The zero-order valence-corrected chi connectivity index (χ0v) is 11.6. The molecule has 0 fully saturated rings. The van der Waals surface area contributed by atoms with E-state index in [-0.39, 0.29) is 11.2 Å². The Morgan fingerprint density at radius 3 is 2.79 bits per heavy atom. The zero-order valence-electron chi connectivity index (χ0n) is 11.6. The van der Waals surface area contributed by atoms with Crippen LogP contribution < -0.4 is 0 Å². The van der Waals surface area contributed by atoms with Gasteiger partial charge in [0.25, 0.3) is 0 Å². The molecule has 0 aromatic carbocycles. The Balaban J connectivity index is 2.14. The highest BCUT2D eigenvalue weighted by molar-refractivity contribution is 5.99. The first-order chi connectivity index (χ1) is 8.96. The number of nitrogens with zero attached hydrogens (tertiary/aromatic N) is 2. The number of rotatable bonds is 1. The van der Waals surface area contributed by atoms with E-state index in [0.29, 0.717) is 6.42 Å². The minimum absolute atomic E-state index is 0.0439. The number of hydrogen-bond donors (Lipinski definition) is 0. The van der Waals surface area contributed by atoms with Crippen LogP contribution in [-0.4, -0.2) is 15.3 Å². The standard InChI is InChI=1S/C16H18N2O/c1-11-8-12(4-6-17-11)18-7-5-13-14(18)9-16(2,3)10-15(13)19/h4-8H,9-10H2,1-3H3. The Hall–Kier alpha value is -1.90. The Kier molecular flexibility index (Phi) is 2.59. The summed E-state index contributed by atoms with van der Waals surface area (Å²) in [5.74, 6) is 0.260. The number of fused-ring (bicyclic) bond motifs is 1. The zero-order chi connectivity index (χ0) is 13.6. The highest BCUT2D eigenvalue weighted by atomic mass is 16.1. The number of pyridine rings is 1. The molecule has 98 valence electrons. The van der Waals surface area contributed by atoms with Crippen molar-refractivity contribution in [1.29, 1.82) is 0 Å². The van der Waals surface area contributed by atoms with Crippen LogP contribution in [0.4, 0.5) is 0 Å². The maximum absolute atomic E-state index is 12.2. The molecule has 2 aromatic heterocycles. The molecule has 1 aliphatic carbocycles. The molecule has 0 unspecified atom stereocenters. The molecule has 0 radical (unpaired) electrons. The van der Waals surface area contributed by atoms with Crippen molar-refractivity contribution in [2.24, 2.45) is 5.41 Å². The molecule has 19 heavy (non-hydrogen) atoms. The second kappa shape index (κ2) is 4.05. The van der Waals surface area contributed by atoms with Crippen molar-refractivity contribution in [3.63, 3.8) is 0 Å².